The zero-order valence-corrected chi connectivity index (χ0v) is 21.6. The van der Waals surface area contributed by atoms with Crippen molar-refractivity contribution in [3.8, 4) is 11.3 Å². The van der Waals surface area contributed by atoms with Gasteiger partial charge in [-0.25, -0.2) is 14.4 Å². The molecule has 0 aliphatic carbocycles. The first kappa shape index (κ1) is 24.8. The van der Waals surface area contributed by atoms with Crippen molar-refractivity contribution in [3.05, 3.63) is 59.6 Å². The van der Waals surface area contributed by atoms with Gasteiger partial charge < -0.3 is 14.9 Å². The number of aliphatic hydroxyl groups excluding tert-OH is 1. The fourth-order valence-corrected chi connectivity index (χ4v) is 5.59. The van der Waals surface area contributed by atoms with Crippen molar-refractivity contribution >= 4 is 5.69 Å². The number of likely N-dealkylation sites (tertiary alicyclic amines) is 1. The Labute approximate surface area is 213 Å². The molecule has 0 amide bonds. The van der Waals surface area contributed by atoms with Gasteiger partial charge in [-0.15, -0.1) is 0 Å². The van der Waals surface area contributed by atoms with Crippen LogP contribution in [0.3, 0.4) is 0 Å². The third-order valence-electron chi connectivity index (χ3n) is 7.72. The second-order valence-corrected chi connectivity index (χ2v) is 10.9. The van der Waals surface area contributed by atoms with E-state index in [1.165, 1.54) is 0 Å². The minimum atomic E-state index is -0.174. The summed E-state index contributed by atoms with van der Waals surface area (Å²) in [4.78, 5) is 13.9. The maximum atomic E-state index is 15.2. The number of hydrogen-bond donors (Lipinski definition) is 1. The van der Waals surface area contributed by atoms with Crippen molar-refractivity contribution in [2.75, 3.05) is 44.2 Å². The van der Waals surface area contributed by atoms with Crippen molar-refractivity contribution in [1.29, 1.82) is 0 Å². The third-order valence-corrected chi connectivity index (χ3v) is 7.72. The van der Waals surface area contributed by atoms with Crippen LogP contribution in [0.1, 0.15) is 56.1 Å². The van der Waals surface area contributed by atoms with Gasteiger partial charge in [0.2, 0.25) is 0 Å². The minimum Gasteiger partial charge on any atom is -0.396 e. The van der Waals surface area contributed by atoms with E-state index in [0.29, 0.717) is 23.3 Å². The first-order valence-electron chi connectivity index (χ1n) is 13.1. The minimum absolute atomic E-state index is 0.174. The van der Waals surface area contributed by atoms with E-state index < -0.39 is 0 Å². The number of aromatic nitrogens is 4. The fourth-order valence-electron chi connectivity index (χ4n) is 5.59. The molecule has 5 rings (SSSR count). The number of piperidine rings is 1. The van der Waals surface area contributed by atoms with Crippen LogP contribution in [0.2, 0.25) is 0 Å². The quantitative estimate of drug-likeness (QED) is 0.507. The molecule has 3 aromatic rings. The number of halogens is 1. The lowest BCUT2D eigenvalue weighted by Crippen LogP contribution is -2.60. The van der Waals surface area contributed by atoms with Crippen molar-refractivity contribution < 1.29 is 9.50 Å². The maximum absolute atomic E-state index is 15.2. The van der Waals surface area contributed by atoms with Gasteiger partial charge in [0.1, 0.15) is 11.6 Å². The summed E-state index contributed by atoms with van der Waals surface area (Å²) in [6.07, 6.45) is 9.20. The number of hydrogen-bond acceptors (Lipinski definition) is 6. The molecule has 192 valence electrons. The topological polar surface area (TPSA) is 70.3 Å². The largest absolute Gasteiger partial charge is 0.396 e. The first-order valence-corrected chi connectivity index (χ1v) is 13.1. The molecule has 0 unspecified atom stereocenters. The molecule has 8 heteroatoms. The summed E-state index contributed by atoms with van der Waals surface area (Å²) in [7, 11) is 0. The molecular weight excluding hydrogens is 455 g/mol. The number of aryl methyl sites for hydroxylation is 1. The summed E-state index contributed by atoms with van der Waals surface area (Å²) < 4.78 is 17.1. The lowest BCUT2D eigenvalue weighted by Gasteiger charge is -2.54. The van der Waals surface area contributed by atoms with Gasteiger partial charge in [0.25, 0.3) is 0 Å². The normalized spacial score (nSPS) is 17.7. The second-order valence-electron chi connectivity index (χ2n) is 10.9. The Kier molecular flexibility index (Phi) is 7.08. The van der Waals surface area contributed by atoms with Gasteiger partial charge in [0.05, 0.1) is 17.6 Å². The number of rotatable bonds is 8. The molecule has 1 spiro atoms. The molecule has 0 bridgehead atoms. The average molecular weight is 493 g/mol. The van der Waals surface area contributed by atoms with E-state index >= 15 is 4.39 Å². The van der Waals surface area contributed by atoms with Crippen LogP contribution in [0.15, 0.2) is 36.8 Å². The van der Waals surface area contributed by atoms with E-state index in [9.17, 15) is 0 Å². The Bertz CT molecular complexity index is 1190. The van der Waals surface area contributed by atoms with Gasteiger partial charge >= 0.3 is 0 Å². The van der Waals surface area contributed by atoms with Crippen molar-refractivity contribution in [2.45, 2.75) is 52.5 Å². The Balaban J connectivity index is 1.23. The Hall–Kier alpha value is -2.84. The summed E-state index contributed by atoms with van der Waals surface area (Å²) >= 11 is 0. The van der Waals surface area contributed by atoms with Crippen LogP contribution in [-0.4, -0.2) is 69.1 Å². The Morgan fingerprint density at radius 2 is 1.92 bits per heavy atom. The van der Waals surface area contributed by atoms with Crippen LogP contribution >= 0.6 is 0 Å². The first-order chi connectivity index (χ1) is 17.4. The summed E-state index contributed by atoms with van der Waals surface area (Å²) in [5.41, 5.74) is 4.78. The maximum Gasteiger partial charge on any atom is 0.146 e. The Morgan fingerprint density at radius 1 is 1.14 bits per heavy atom. The summed E-state index contributed by atoms with van der Waals surface area (Å²) in [5.74, 6) is 0.503. The van der Waals surface area contributed by atoms with Crippen LogP contribution in [0, 0.1) is 18.2 Å². The number of nitrogens with zero attached hydrogens (tertiary/aromatic N) is 6. The van der Waals surface area contributed by atoms with Crippen LogP contribution < -0.4 is 4.90 Å². The van der Waals surface area contributed by atoms with Gasteiger partial charge in [-0.05, 0) is 68.7 Å². The van der Waals surface area contributed by atoms with Gasteiger partial charge in [0, 0.05) is 69.8 Å². The van der Waals surface area contributed by atoms with Crippen LogP contribution in [0.25, 0.3) is 11.3 Å². The lowest BCUT2D eigenvalue weighted by molar-refractivity contribution is -0.0208. The molecule has 4 heterocycles. The van der Waals surface area contributed by atoms with Crippen molar-refractivity contribution in [3.63, 3.8) is 0 Å². The van der Waals surface area contributed by atoms with Crippen LogP contribution in [0.4, 0.5) is 10.1 Å². The van der Waals surface area contributed by atoms with Crippen molar-refractivity contribution in [2.24, 2.45) is 5.41 Å². The van der Waals surface area contributed by atoms with E-state index in [2.05, 4.69) is 33.7 Å². The summed E-state index contributed by atoms with van der Waals surface area (Å²) in [6.45, 7) is 11.4. The highest BCUT2D eigenvalue weighted by atomic mass is 19.1. The van der Waals surface area contributed by atoms with E-state index in [0.717, 1.165) is 74.4 Å². The number of benzene rings is 1. The monoisotopic (exact) mass is 492 g/mol. The van der Waals surface area contributed by atoms with E-state index in [-0.39, 0.29) is 18.5 Å². The molecule has 7 nitrogen and oxygen atoms in total. The zero-order valence-electron chi connectivity index (χ0n) is 21.6. The molecule has 2 aliphatic heterocycles. The van der Waals surface area contributed by atoms with Crippen molar-refractivity contribution in [1.82, 2.24) is 24.6 Å². The average Bonchev–Trinajstić information content (AvgIpc) is 3.34. The summed E-state index contributed by atoms with van der Waals surface area (Å²) in [5, 5.41) is 13.5. The second kappa shape index (κ2) is 10.3. The molecule has 2 aliphatic rings. The standard InChI is InChI=1S/C28H37FN6O/c1-20(2)35-17-23(16-31-35)27-21(3)15-30-26(32-27)14-22-5-6-25(24(29)13-22)34-10-7-28(8-11-34)18-33(19-28)9-4-12-36/h5-6,13,15-17,20,36H,4,7-12,14,18-19H2,1-3H3. The van der Waals surface area contributed by atoms with Gasteiger partial charge in [-0.2, -0.15) is 5.10 Å². The SMILES string of the molecule is Cc1cnc(Cc2ccc(N3CCC4(CC3)CN(CCCO)C4)c(F)c2)nc1-c1cnn(C(C)C)c1. The molecule has 0 atom stereocenters. The zero-order chi connectivity index (χ0) is 25.3. The van der Waals surface area contributed by atoms with Gasteiger partial charge in [-0.3, -0.25) is 4.68 Å². The molecule has 1 aromatic carbocycles. The third kappa shape index (κ3) is 5.15. The predicted octanol–water partition coefficient (Wildman–Crippen LogP) is 4.24. The summed E-state index contributed by atoms with van der Waals surface area (Å²) in [6, 6.07) is 5.84. The molecule has 0 saturated carbocycles. The molecule has 2 aromatic heterocycles. The highest BCUT2D eigenvalue weighted by molar-refractivity contribution is 5.60. The number of aliphatic hydroxyl groups is 1. The fraction of sp³-hybridized carbons (Fsp3) is 0.536. The van der Waals surface area contributed by atoms with E-state index in [1.54, 1.807) is 6.07 Å². The predicted molar refractivity (Wildman–Crippen MR) is 140 cm³/mol. The van der Waals surface area contributed by atoms with Gasteiger partial charge in [-0.1, -0.05) is 6.07 Å². The lowest BCUT2D eigenvalue weighted by atomic mass is 9.72. The van der Waals surface area contributed by atoms with Crippen LogP contribution in [-0.2, 0) is 6.42 Å². The molecule has 2 fully saturated rings. The van der Waals surface area contributed by atoms with Crippen LogP contribution in [0.5, 0.6) is 0 Å². The van der Waals surface area contributed by atoms with Gasteiger partial charge in [0.15, 0.2) is 0 Å². The number of anilines is 1. The van der Waals surface area contributed by atoms with E-state index in [4.69, 9.17) is 10.1 Å². The highest BCUT2D eigenvalue weighted by Crippen LogP contribution is 2.41. The molecular formula is C28H37FN6O. The molecule has 0 radical (unpaired) electrons. The smallest absolute Gasteiger partial charge is 0.146 e. The molecule has 1 N–H and O–H groups in total. The molecule has 2 saturated heterocycles. The Morgan fingerprint density at radius 3 is 2.58 bits per heavy atom. The van der Waals surface area contributed by atoms with E-state index in [1.807, 2.05) is 42.3 Å². The molecule has 36 heavy (non-hydrogen) atoms. The highest BCUT2D eigenvalue weighted by Gasteiger charge is 2.44.